The van der Waals surface area contributed by atoms with E-state index >= 15 is 0 Å². The molecule has 116 valence electrons. The molecule has 1 aliphatic heterocycles. The average Bonchev–Trinajstić information content (AvgIpc) is 2.61. The predicted molar refractivity (Wildman–Crippen MR) is 87.4 cm³/mol. The maximum Gasteiger partial charge on any atom is 0.184 e. The lowest BCUT2D eigenvalue weighted by atomic mass is 10.1. The lowest BCUT2D eigenvalue weighted by molar-refractivity contribution is -0.218. The third kappa shape index (κ3) is 4.41. The van der Waals surface area contributed by atoms with E-state index in [9.17, 15) is 0 Å². The van der Waals surface area contributed by atoms with Gasteiger partial charge in [-0.2, -0.15) is 0 Å². The molecule has 0 radical (unpaired) electrons. The van der Waals surface area contributed by atoms with Crippen molar-refractivity contribution in [3.05, 3.63) is 71.8 Å². The minimum Gasteiger partial charge on any atom is -0.348 e. The van der Waals surface area contributed by atoms with Gasteiger partial charge in [-0.15, -0.1) is 0 Å². The summed E-state index contributed by atoms with van der Waals surface area (Å²) in [5, 5.41) is 3.48. The van der Waals surface area contributed by atoms with Crippen molar-refractivity contribution in [2.75, 3.05) is 13.2 Å². The van der Waals surface area contributed by atoms with Gasteiger partial charge in [0.15, 0.2) is 6.29 Å². The standard InChI is InChI=1S/C19H23NO2/c1-3-7-16(8-4-1)15-20-13-11-18-12-14-21-19(22-18)17-9-5-2-6-10-17/h1-10,18-20H,11-15H2. The molecular weight excluding hydrogens is 274 g/mol. The summed E-state index contributed by atoms with van der Waals surface area (Å²) in [7, 11) is 0. The van der Waals surface area contributed by atoms with Crippen LogP contribution in [0.3, 0.4) is 0 Å². The summed E-state index contributed by atoms with van der Waals surface area (Å²) in [6, 6.07) is 20.6. The summed E-state index contributed by atoms with van der Waals surface area (Å²) < 4.78 is 11.8. The molecule has 0 saturated carbocycles. The second-order valence-electron chi connectivity index (χ2n) is 5.61. The zero-order valence-corrected chi connectivity index (χ0v) is 12.8. The third-order valence-electron chi connectivity index (χ3n) is 3.91. The van der Waals surface area contributed by atoms with Crippen molar-refractivity contribution < 1.29 is 9.47 Å². The maximum absolute atomic E-state index is 6.06. The summed E-state index contributed by atoms with van der Waals surface area (Å²) >= 11 is 0. The molecular formula is C19H23NO2. The fourth-order valence-electron chi connectivity index (χ4n) is 2.68. The zero-order valence-electron chi connectivity index (χ0n) is 12.8. The molecule has 1 heterocycles. The molecule has 22 heavy (non-hydrogen) atoms. The molecule has 1 N–H and O–H groups in total. The minimum absolute atomic E-state index is 0.214. The van der Waals surface area contributed by atoms with Crippen molar-refractivity contribution in [1.82, 2.24) is 5.32 Å². The molecule has 2 aromatic rings. The normalized spacial score (nSPS) is 21.6. The molecule has 1 fully saturated rings. The zero-order chi connectivity index (χ0) is 15.0. The Hall–Kier alpha value is -1.68. The van der Waals surface area contributed by atoms with Gasteiger partial charge in [0.05, 0.1) is 12.7 Å². The lowest BCUT2D eigenvalue weighted by Gasteiger charge is -2.30. The first-order valence-corrected chi connectivity index (χ1v) is 7.98. The van der Waals surface area contributed by atoms with Crippen LogP contribution in [0.15, 0.2) is 60.7 Å². The summed E-state index contributed by atoms with van der Waals surface area (Å²) in [5.74, 6) is 0. The van der Waals surface area contributed by atoms with Crippen molar-refractivity contribution in [2.45, 2.75) is 31.8 Å². The summed E-state index contributed by atoms with van der Waals surface area (Å²) in [5.41, 5.74) is 2.42. The van der Waals surface area contributed by atoms with Crippen LogP contribution in [0.5, 0.6) is 0 Å². The van der Waals surface area contributed by atoms with Crippen LogP contribution in [0.25, 0.3) is 0 Å². The Balaban J connectivity index is 1.41. The van der Waals surface area contributed by atoms with Crippen molar-refractivity contribution in [2.24, 2.45) is 0 Å². The summed E-state index contributed by atoms with van der Waals surface area (Å²) in [6.45, 7) is 2.64. The lowest BCUT2D eigenvalue weighted by Crippen LogP contribution is -2.30. The molecule has 0 aliphatic carbocycles. The highest BCUT2D eigenvalue weighted by atomic mass is 16.7. The molecule has 1 aliphatic rings. The van der Waals surface area contributed by atoms with Gasteiger partial charge in [0.2, 0.25) is 0 Å². The van der Waals surface area contributed by atoms with Crippen molar-refractivity contribution in [3.63, 3.8) is 0 Å². The molecule has 2 atom stereocenters. The quantitative estimate of drug-likeness (QED) is 0.825. The molecule has 0 amide bonds. The minimum atomic E-state index is -0.214. The molecule has 0 aromatic heterocycles. The molecule has 0 spiro atoms. The largest absolute Gasteiger partial charge is 0.348 e. The molecule has 2 aromatic carbocycles. The monoisotopic (exact) mass is 297 g/mol. The van der Waals surface area contributed by atoms with Gasteiger partial charge in [-0.1, -0.05) is 60.7 Å². The van der Waals surface area contributed by atoms with Gasteiger partial charge < -0.3 is 14.8 Å². The van der Waals surface area contributed by atoms with Crippen LogP contribution >= 0.6 is 0 Å². The van der Waals surface area contributed by atoms with E-state index in [-0.39, 0.29) is 12.4 Å². The smallest absolute Gasteiger partial charge is 0.184 e. The highest BCUT2D eigenvalue weighted by molar-refractivity contribution is 5.16. The molecule has 3 heteroatoms. The first kappa shape index (κ1) is 15.2. The van der Waals surface area contributed by atoms with Crippen LogP contribution in [0.1, 0.15) is 30.3 Å². The van der Waals surface area contributed by atoms with Crippen molar-refractivity contribution >= 4 is 0 Å². The van der Waals surface area contributed by atoms with E-state index in [0.29, 0.717) is 0 Å². The van der Waals surface area contributed by atoms with E-state index < -0.39 is 0 Å². The van der Waals surface area contributed by atoms with Gasteiger partial charge >= 0.3 is 0 Å². The van der Waals surface area contributed by atoms with Crippen molar-refractivity contribution in [3.8, 4) is 0 Å². The highest BCUT2D eigenvalue weighted by Crippen LogP contribution is 2.27. The number of nitrogens with one attached hydrogen (secondary N) is 1. The number of benzene rings is 2. The molecule has 3 rings (SSSR count). The Morgan fingerprint density at radius 2 is 1.68 bits per heavy atom. The topological polar surface area (TPSA) is 30.5 Å². The number of hydrogen-bond acceptors (Lipinski definition) is 3. The Morgan fingerprint density at radius 3 is 2.45 bits per heavy atom. The van der Waals surface area contributed by atoms with E-state index in [2.05, 4.69) is 41.7 Å². The average molecular weight is 297 g/mol. The first-order chi connectivity index (χ1) is 10.9. The van der Waals surface area contributed by atoms with E-state index in [1.807, 2.05) is 24.3 Å². The van der Waals surface area contributed by atoms with Crippen molar-refractivity contribution in [1.29, 1.82) is 0 Å². The second-order valence-corrected chi connectivity index (χ2v) is 5.61. The van der Waals surface area contributed by atoms with Gasteiger partial charge in [-0.25, -0.2) is 0 Å². The molecule has 0 bridgehead atoms. The SMILES string of the molecule is c1ccc(CNCCC2CCOC(c3ccccc3)O2)cc1. The van der Waals surface area contributed by atoms with Gasteiger partial charge in [0.25, 0.3) is 0 Å². The van der Waals surface area contributed by atoms with E-state index in [4.69, 9.17) is 9.47 Å². The van der Waals surface area contributed by atoms with Crippen LogP contribution in [0.4, 0.5) is 0 Å². The third-order valence-corrected chi connectivity index (χ3v) is 3.91. The predicted octanol–water partition coefficient (Wildman–Crippen LogP) is 3.67. The summed E-state index contributed by atoms with van der Waals surface area (Å²) in [4.78, 5) is 0. The fourth-order valence-corrected chi connectivity index (χ4v) is 2.68. The summed E-state index contributed by atoms with van der Waals surface area (Å²) in [6.07, 6.45) is 2.03. The van der Waals surface area contributed by atoms with Crippen LogP contribution in [-0.4, -0.2) is 19.3 Å². The van der Waals surface area contributed by atoms with E-state index in [0.717, 1.165) is 38.1 Å². The van der Waals surface area contributed by atoms with Gasteiger partial charge in [-0.3, -0.25) is 0 Å². The Morgan fingerprint density at radius 1 is 0.955 bits per heavy atom. The number of rotatable bonds is 6. The number of ether oxygens (including phenoxy) is 2. The molecule has 3 nitrogen and oxygen atoms in total. The Labute approximate surface area is 132 Å². The number of hydrogen-bond donors (Lipinski definition) is 1. The van der Waals surface area contributed by atoms with Crippen LogP contribution in [0.2, 0.25) is 0 Å². The second kappa shape index (κ2) is 8.08. The van der Waals surface area contributed by atoms with E-state index in [1.165, 1.54) is 5.56 Å². The first-order valence-electron chi connectivity index (χ1n) is 7.98. The molecule has 2 unspecified atom stereocenters. The Bertz CT molecular complexity index is 544. The van der Waals surface area contributed by atoms with Crippen LogP contribution in [0, 0.1) is 0 Å². The van der Waals surface area contributed by atoms with Crippen LogP contribution in [-0.2, 0) is 16.0 Å². The molecule has 1 saturated heterocycles. The van der Waals surface area contributed by atoms with Crippen LogP contribution < -0.4 is 5.32 Å². The highest BCUT2D eigenvalue weighted by Gasteiger charge is 2.23. The fraction of sp³-hybridized carbons (Fsp3) is 0.368. The van der Waals surface area contributed by atoms with Gasteiger partial charge in [-0.05, 0) is 24.9 Å². The van der Waals surface area contributed by atoms with Gasteiger partial charge in [0, 0.05) is 12.1 Å². The maximum atomic E-state index is 6.06. The van der Waals surface area contributed by atoms with Gasteiger partial charge in [0.1, 0.15) is 0 Å². The Kier molecular flexibility index (Phi) is 5.59. The van der Waals surface area contributed by atoms with E-state index in [1.54, 1.807) is 0 Å².